The average molecular weight is 200 g/mol. The van der Waals surface area contributed by atoms with Gasteiger partial charge in [0.2, 0.25) is 0 Å². The Labute approximate surface area is 83.3 Å². The van der Waals surface area contributed by atoms with Crippen molar-refractivity contribution in [1.82, 2.24) is 0 Å². The van der Waals surface area contributed by atoms with Crippen molar-refractivity contribution in [2.24, 2.45) is 5.73 Å². The minimum absolute atomic E-state index is 0.115. The zero-order valence-corrected chi connectivity index (χ0v) is 8.17. The van der Waals surface area contributed by atoms with E-state index < -0.39 is 0 Å². The van der Waals surface area contributed by atoms with Crippen LogP contribution in [0.5, 0.6) is 0 Å². The Hall–Kier alpha value is -0.570. The summed E-state index contributed by atoms with van der Waals surface area (Å²) in [4.78, 5) is 0. The van der Waals surface area contributed by atoms with E-state index in [9.17, 15) is 0 Å². The molecule has 1 rings (SSSR count). The number of hydrogen-bond acceptors (Lipinski definition) is 2. The molecular formula is C10H14ClNO. The molecule has 0 bridgehead atoms. The molecule has 1 atom stereocenters. The Balaban J connectivity index is 2.78. The summed E-state index contributed by atoms with van der Waals surface area (Å²) in [6, 6.07) is 7.54. The molecule has 0 aliphatic heterocycles. The highest BCUT2D eigenvalue weighted by molar-refractivity contribution is 6.30. The SMILES string of the molecule is NCCC(CO)c1cccc(Cl)c1. The molecule has 0 aliphatic rings. The third-order valence-electron chi connectivity index (χ3n) is 2.06. The molecule has 0 saturated heterocycles. The van der Waals surface area contributed by atoms with Crippen LogP contribution in [-0.4, -0.2) is 18.3 Å². The van der Waals surface area contributed by atoms with Gasteiger partial charge in [0.25, 0.3) is 0 Å². The number of aliphatic hydroxyl groups is 1. The lowest BCUT2D eigenvalue weighted by molar-refractivity contribution is 0.260. The predicted octanol–water partition coefficient (Wildman–Crippen LogP) is 1.76. The first-order valence-electron chi connectivity index (χ1n) is 4.34. The lowest BCUT2D eigenvalue weighted by atomic mass is 9.97. The van der Waals surface area contributed by atoms with Crippen LogP contribution in [0.2, 0.25) is 5.02 Å². The predicted molar refractivity (Wildman–Crippen MR) is 55.0 cm³/mol. The van der Waals surface area contributed by atoms with Crippen molar-refractivity contribution < 1.29 is 5.11 Å². The normalized spacial score (nSPS) is 12.8. The molecule has 0 aromatic heterocycles. The minimum Gasteiger partial charge on any atom is -0.396 e. The van der Waals surface area contributed by atoms with Crippen LogP contribution in [0.3, 0.4) is 0 Å². The quantitative estimate of drug-likeness (QED) is 0.777. The molecule has 0 amide bonds. The molecule has 72 valence electrons. The molecule has 3 heteroatoms. The van der Waals surface area contributed by atoms with Crippen LogP contribution >= 0.6 is 11.6 Å². The van der Waals surface area contributed by atoms with Crippen molar-refractivity contribution >= 4 is 11.6 Å². The van der Waals surface area contributed by atoms with Gasteiger partial charge in [-0.25, -0.2) is 0 Å². The van der Waals surface area contributed by atoms with Crippen molar-refractivity contribution in [3.8, 4) is 0 Å². The molecular weight excluding hydrogens is 186 g/mol. The van der Waals surface area contributed by atoms with Crippen LogP contribution in [0.4, 0.5) is 0 Å². The zero-order valence-electron chi connectivity index (χ0n) is 7.41. The first-order valence-corrected chi connectivity index (χ1v) is 4.72. The first kappa shape index (κ1) is 10.5. The maximum Gasteiger partial charge on any atom is 0.0500 e. The molecule has 0 radical (unpaired) electrons. The summed E-state index contributed by atoms with van der Waals surface area (Å²) in [5, 5.41) is 9.80. The van der Waals surface area contributed by atoms with Gasteiger partial charge in [-0.3, -0.25) is 0 Å². The maximum absolute atomic E-state index is 9.10. The van der Waals surface area contributed by atoms with Crippen molar-refractivity contribution in [2.45, 2.75) is 12.3 Å². The molecule has 3 N–H and O–H groups in total. The van der Waals surface area contributed by atoms with E-state index in [1.54, 1.807) is 0 Å². The van der Waals surface area contributed by atoms with E-state index in [2.05, 4.69) is 0 Å². The number of benzene rings is 1. The van der Waals surface area contributed by atoms with E-state index in [0.717, 1.165) is 12.0 Å². The second-order valence-corrected chi connectivity index (χ2v) is 3.45. The second-order valence-electron chi connectivity index (χ2n) is 3.01. The average Bonchev–Trinajstić information content (AvgIpc) is 2.14. The molecule has 13 heavy (non-hydrogen) atoms. The Morgan fingerprint density at radius 2 is 2.23 bits per heavy atom. The van der Waals surface area contributed by atoms with Crippen LogP contribution in [0.1, 0.15) is 17.9 Å². The van der Waals surface area contributed by atoms with Crippen LogP contribution < -0.4 is 5.73 Å². The Kier molecular flexibility index (Phi) is 4.22. The van der Waals surface area contributed by atoms with Gasteiger partial charge >= 0.3 is 0 Å². The topological polar surface area (TPSA) is 46.2 Å². The van der Waals surface area contributed by atoms with Gasteiger partial charge in [0.05, 0.1) is 0 Å². The summed E-state index contributed by atoms with van der Waals surface area (Å²) >= 11 is 5.83. The molecule has 1 aromatic carbocycles. The van der Waals surface area contributed by atoms with E-state index in [0.29, 0.717) is 11.6 Å². The van der Waals surface area contributed by atoms with Crippen molar-refractivity contribution in [2.75, 3.05) is 13.2 Å². The monoisotopic (exact) mass is 199 g/mol. The summed E-state index contributed by atoms with van der Waals surface area (Å²) in [7, 11) is 0. The zero-order chi connectivity index (χ0) is 9.68. The highest BCUT2D eigenvalue weighted by atomic mass is 35.5. The molecule has 0 fully saturated rings. The van der Waals surface area contributed by atoms with Crippen molar-refractivity contribution in [1.29, 1.82) is 0 Å². The van der Waals surface area contributed by atoms with Gasteiger partial charge in [-0.1, -0.05) is 23.7 Å². The molecule has 0 saturated carbocycles. The third kappa shape index (κ3) is 2.99. The van der Waals surface area contributed by atoms with Crippen LogP contribution in [-0.2, 0) is 0 Å². The van der Waals surface area contributed by atoms with Gasteiger partial charge in [-0.2, -0.15) is 0 Å². The summed E-state index contributed by atoms with van der Waals surface area (Å²) in [5.41, 5.74) is 6.49. The standard InChI is InChI=1S/C10H14ClNO/c11-10-3-1-2-8(6-10)9(7-13)4-5-12/h1-3,6,9,13H,4-5,7,12H2. The third-order valence-corrected chi connectivity index (χ3v) is 2.29. The van der Waals surface area contributed by atoms with E-state index in [1.165, 1.54) is 0 Å². The Morgan fingerprint density at radius 3 is 2.77 bits per heavy atom. The van der Waals surface area contributed by atoms with Gasteiger partial charge in [0.1, 0.15) is 0 Å². The van der Waals surface area contributed by atoms with Crippen LogP contribution in [0.25, 0.3) is 0 Å². The van der Waals surface area contributed by atoms with Gasteiger partial charge in [0, 0.05) is 17.5 Å². The fourth-order valence-corrected chi connectivity index (χ4v) is 1.52. The molecule has 1 unspecified atom stereocenters. The van der Waals surface area contributed by atoms with Crippen LogP contribution in [0, 0.1) is 0 Å². The number of halogens is 1. The molecule has 1 aromatic rings. The summed E-state index contributed by atoms with van der Waals surface area (Å²) in [5.74, 6) is 0.115. The molecule has 2 nitrogen and oxygen atoms in total. The number of hydrogen-bond donors (Lipinski definition) is 2. The summed E-state index contributed by atoms with van der Waals surface area (Å²) in [6.45, 7) is 0.704. The fraction of sp³-hybridized carbons (Fsp3) is 0.400. The van der Waals surface area contributed by atoms with Gasteiger partial charge in [0.15, 0.2) is 0 Å². The highest BCUT2D eigenvalue weighted by Crippen LogP contribution is 2.21. The summed E-state index contributed by atoms with van der Waals surface area (Å²) in [6.07, 6.45) is 0.789. The van der Waals surface area contributed by atoms with E-state index >= 15 is 0 Å². The van der Waals surface area contributed by atoms with Crippen molar-refractivity contribution in [3.05, 3.63) is 34.9 Å². The molecule has 0 heterocycles. The van der Waals surface area contributed by atoms with Crippen molar-refractivity contribution in [3.63, 3.8) is 0 Å². The first-order chi connectivity index (χ1) is 6.27. The lowest BCUT2D eigenvalue weighted by Gasteiger charge is -2.13. The van der Waals surface area contributed by atoms with E-state index in [4.69, 9.17) is 22.4 Å². The number of nitrogens with two attached hydrogens (primary N) is 1. The van der Waals surface area contributed by atoms with E-state index in [1.807, 2.05) is 24.3 Å². The highest BCUT2D eigenvalue weighted by Gasteiger charge is 2.08. The van der Waals surface area contributed by atoms with Crippen LogP contribution in [0.15, 0.2) is 24.3 Å². The lowest BCUT2D eigenvalue weighted by Crippen LogP contribution is -2.10. The Bertz CT molecular complexity index is 265. The smallest absolute Gasteiger partial charge is 0.0500 e. The summed E-state index contributed by atoms with van der Waals surface area (Å²) < 4.78 is 0. The largest absolute Gasteiger partial charge is 0.396 e. The maximum atomic E-state index is 9.10. The second kappa shape index (κ2) is 5.22. The number of rotatable bonds is 4. The molecule has 0 aliphatic carbocycles. The minimum atomic E-state index is 0.115. The van der Waals surface area contributed by atoms with Gasteiger partial charge in [-0.05, 0) is 30.7 Å². The fourth-order valence-electron chi connectivity index (χ4n) is 1.33. The number of aliphatic hydroxyl groups excluding tert-OH is 1. The van der Waals surface area contributed by atoms with Gasteiger partial charge in [-0.15, -0.1) is 0 Å². The van der Waals surface area contributed by atoms with Gasteiger partial charge < -0.3 is 10.8 Å². The Morgan fingerprint density at radius 1 is 1.46 bits per heavy atom. The van der Waals surface area contributed by atoms with E-state index in [-0.39, 0.29) is 12.5 Å². The molecule has 0 spiro atoms.